The van der Waals surface area contributed by atoms with Crippen LogP contribution in [0.1, 0.15) is 30.3 Å². The quantitative estimate of drug-likeness (QED) is 0.736. The molecule has 84 valence electrons. The largest absolute Gasteiger partial charge is 0.396 e. The van der Waals surface area contributed by atoms with Crippen molar-refractivity contribution in [2.45, 2.75) is 25.8 Å². The van der Waals surface area contributed by atoms with Crippen molar-refractivity contribution in [3.8, 4) is 0 Å². The van der Waals surface area contributed by atoms with E-state index in [0.29, 0.717) is 12.1 Å². The molecule has 15 heavy (non-hydrogen) atoms. The van der Waals surface area contributed by atoms with E-state index in [0.717, 1.165) is 6.42 Å². The third kappa shape index (κ3) is 3.71. The van der Waals surface area contributed by atoms with E-state index in [-0.39, 0.29) is 18.6 Å². The topological polar surface area (TPSA) is 67.2 Å². The van der Waals surface area contributed by atoms with Gasteiger partial charge >= 0.3 is 0 Å². The van der Waals surface area contributed by atoms with Crippen molar-refractivity contribution in [3.63, 3.8) is 0 Å². The summed E-state index contributed by atoms with van der Waals surface area (Å²) in [7, 11) is 1.77. The average molecular weight is 211 g/mol. The molecule has 0 bridgehead atoms. The monoisotopic (exact) mass is 211 g/mol. The molecule has 5 heteroatoms. The van der Waals surface area contributed by atoms with E-state index in [2.05, 4.69) is 10.4 Å². The summed E-state index contributed by atoms with van der Waals surface area (Å²) < 4.78 is 1.59. The molecule has 5 nitrogen and oxygen atoms in total. The Balaban J connectivity index is 2.42. The minimum absolute atomic E-state index is 0.0617. The number of aryl methyl sites for hydroxylation is 1. The first-order valence-electron chi connectivity index (χ1n) is 5.05. The molecule has 0 aliphatic carbocycles. The van der Waals surface area contributed by atoms with Gasteiger partial charge in [0.05, 0.1) is 0 Å². The van der Waals surface area contributed by atoms with E-state index in [1.165, 1.54) is 0 Å². The van der Waals surface area contributed by atoms with Crippen LogP contribution in [0.2, 0.25) is 0 Å². The summed E-state index contributed by atoms with van der Waals surface area (Å²) in [6, 6.07) is 1.74. The third-order valence-electron chi connectivity index (χ3n) is 2.12. The Labute approximate surface area is 89.1 Å². The molecule has 1 aromatic heterocycles. The molecular formula is C10H17N3O2. The maximum atomic E-state index is 11.6. The first-order valence-corrected chi connectivity index (χ1v) is 5.05. The molecule has 0 fully saturated rings. The van der Waals surface area contributed by atoms with E-state index in [1.54, 1.807) is 24.0 Å². The van der Waals surface area contributed by atoms with Gasteiger partial charge in [0.15, 0.2) is 0 Å². The number of rotatable bonds is 5. The van der Waals surface area contributed by atoms with Crippen LogP contribution < -0.4 is 5.32 Å². The van der Waals surface area contributed by atoms with Gasteiger partial charge in [-0.2, -0.15) is 5.10 Å². The number of carbonyl (C=O) groups excluding carboxylic acids is 1. The van der Waals surface area contributed by atoms with Crippen LogP contribution in [0.5, 0.6) is 0 Å². The number of amides is 1. The van der Waals surface area contributed by atoms with Gasteiger partial charge in [0.1, 0.15) is 5.69 Å². The van der Waals surface area contributed by atoms with Gasteiger partial charge in [0.25, 0.3) is 5.91 Å². The fourth-order valence-electron chi connectivity index (χ4n) is 1.30. The van der Waals surface area contributed by atoms with Gasteiger partial charge in [-0.3, -0.25) is 9.48 Å². The van der Waals surface area contributed by atoms with Gasteiger partial charge in [-0.25, -0.2) is 0 Å². The van der Waals surface area contributed by atoms with E-state index in [4.69, 9.17) is 5.11 Å². The van der Waals surface area contributed by atoms with Crippen LogP contribution in [0.15, 0.2) is 12.3 Å². The lowest BCUT2D eigenvalue weighted by atomic mass is 10.2. The molecule has 0 aliphatic heterocycles. The molecule has 1 heterocycles. The fraction of sp³-hybridized carbons (Fsp3) is 0.600. The summed E-state index contributed by atoms with van der Waals surface area (Å²) >= 11 is 0. The molecule has 1 aromatic rings. The van der Waals surface area contributed by atoms with Gasteiger partial charge in [-0.1, -0.05) is 0 Å². The second kappa shape index (κ2) is 5.50. The number of hydrogen-bond acceptors (Lipinski definition) is 3. The number of aliphatic hydroxyl groups excluding tert-OH is 1. The van der Waals surface area contributed by atoms with Crippen molar-refractivity contribution in [3.05, 3.63) is 18.0 Å². The molecule has 1 atom stereocenters. The highest BCUT2D eigenvalue weighted by Crippen LogP contribution is 1.99. The van der Waals surface area contributed by atoms with Crippen LogP contribution in [0.3, 0.4) is 0 Å². The van der Waals surface area contributed by atoms with Crippen molar-refractivity contribution >= 4 is 5.91 Å². The smallest absolute Gasteiger partial charge is 0.271 e. The highest BCUT2D eigenvalue weighted by Gasteiger charge is 2.11. The van der Waals surface area contributed by atoms with Gasteiger partial charge < -0.3 is 10.4 Å². The Morgan fingerprint density at radius 1 is 1.73 bits per heavy atom. The first-order chi connectivity index (χ1) is 7.13. The zero-order chi connectivity index (χ0) is 11.3. The van der Waals surface area contributed by atoms with Crippen molar-refractivity contribution in [1.82, 2.24) is 15.1 Å². The van der Waals surface area contributed by atoms with Crippen LogP contribution in [0.4, 0.5) is 0 Å². The first kappa shape index (κ1) is 11.7. The predicted octanol–water partition coefficient (Wildman–Crippen LogP) is 0.311. The summed E-state index contributed by atoms with van der Waals surface area (Å²) in [5.74, 6) is -0.166. The summed E-state index contributed by atoms with van der Waals surface area (Å²) in [5, 5.41) is 15.5. The average Bonchev–Trinajstić information content (AvgIpc) is 2.61. The Hall–Kier alpha value is -1.36. The molecule has 0 saturated heterocycles. The number of nitrogens with zero attached hydrogens (tertiary/aromatic N) is 2. The molecule has 0 saturated carbocycles. The fourth-order valence-corrected chi connectivity index (χ4v) is 1.30. The third-order valence-corrected chi connectivity index (χ3v) is 2.12. The number of hydrogen-bond donors (Lipinski definition) is 2. The lowest BCUT2D eigenvalue weighted by molar-refractivity contribution is 0.0930. The Morgan fingerprint density at radius 2 is 2.47 bits per heavy atom. The second-order valence-electron chi connectivity index (χ2n) is 3.61. The maximum Gasteiger partial charge on any atom is 0.271 e. The zero-order valence-electron chi connectivity index (χ0n) is 9.10. The Kier molecular flexibility index (Phi) is 4.30. The zero-order valence-corrected chi connectivity index (χ0v) is 9.10. The lowest BCUT2D eigenvalue weighted by Crippen LogP contribution is -2.33. The van der Waals surface area contributed by atoms with Crippen LogP contribution in [-0.2, 0) is 7.05 Å². The van der Waals surface area contributed by atoms with Crippen molar-refractivity contribution in [1.29, 1.82) is 0 Å². The van der Waals surface area contributed by atoms with Gasteiger partial charge in [0.2, 0.25) is 0 Å². The summed E-state index contributed by atoms with van der Waals surface area (Å²) in [4.78, 5) is 11.6. The molecule has 0 aliphatic rings. The van der Waals surface area contributed by atoms with Gasteiger partial charge in [-0.15, -0.1) is 0 Å². The molecule has 0 spiro atoms. The predicted molar refractivity (Wildman–Crippen MR) is 56.5 cm³/mol. The number of aromatic nitrogens is 2. The number of nitrogens with one attached hydrogen (secondary N) is 1. The van der Waals surface area contributed by atoms with Gasteiger partial charge in [0, 0.05) is 25.9 Å². The van der Waals surface area contributed by atoms with Crippen molar-refractivity contribution in [2.75, 3.05) is 6.61 Å². The highest BCUT2D eigenvalue weighted by atomic mass is 16.3. The maximum absolute atomic E-state index is 11.6. The standard InChI is InChI=1S/C10H17N3O2/c1-8(4-3-7-14)11-10(15)9-5-6-13(2)12-9/h5-6,8,14H,3-4,7H2,1-2H3,(H,11,15). The highest BCUT2D eigenvalue weighted by molar-refractivity contribution is 5.92. The van der Waals surface area contributed by atoms with E-state index in [1.807, 2.05) is 6.92 Å². The Bertz CT molecular complexity index is 322. The van der Waals surface area contributed by atoms with E-state index < -0.39 is 0 Å². The minimum Gasteiger partial charge on any atom is -0.396 e. The van der Waals surface area contributed by atoms with Crippen LogP contribution in [0.25, 0.3) is 0 Å². The molecule has 0 aromatic carbocycles. The Morgan fingerprint density at radius 3 is 3.00 bits per heavy atom. The SMILES string of the molecule is CC(CCCO)NC(=O)c1ccn(C)n1. The van der Waals surface area contributed by atoms with E-state index >= 15 is 0 Å². The van der Waals surface area contributed by atoms with Crippen molar-refractivity contribution < 1.29 is 9.90 Å². The molecule has 1 rings (SSSR count). The lowest BCUT2D eigenvalue weighted by Gasteiger charge is -2.11. The summed E-state index contributed by atoms with van der Waals surface area (Å²) in [6.45, 7) is 2.07. The number of carbonyl (C=O) groups is 1. The van der Waals surface area contributed by atoms with Crippen LogP contribution >= 0.6 is 0 Å². The van der Waals surface area contributed by atoms with Crippen LogP contribution in [-0.4, -0.2) is 33.4 Å². The molecular weight excluding hydrogens is 194 g/mol. The van der Waals surface area contributed by atoms with Crippen molar-refractivity contribution in [2.24, 2.45) is 7.05 Å². The molecule has 0 radical (unpaired) electrons. The molecule has 1 amide bonds. The van der Waals surface area contributed by atoms with E-state index in [9.17, 15) is 4.79 Å². The van der Waals surface area contributed by atoms with Gasteiger partial charge in [-0.05, 0) is 25.8 Å². The number of aliphatic hydroxyl groups is 1. The normalized spacial score (nSPS) is 12.5. The molecule has 2 N–H and O–H groups in total. The minimum atomic E-state index is -0.166. The summed E-state index contributed by atoms with van der Waals surface area (Å²) in [5.41, 5.74) is 0.424. The summed E-state index contributed by atoms with van der Waals surface area (Å²) in [6.07, 6.45) is 3.20. The molecule has 1 unspecified atom stereocenters. The van der Waals surface area contributed by atoms with Crippen LogP contribution in [0, 0.1) is 0 Å². The second-order valence-corrected chi connectivity index (χ2v) is 3.61.